The fourth-order valence-electron chi connectivity index (χ4n) is 4.70. The van der Waals surface area contributed by atoms with Gasteiger partial charge >= 0.3 is 11.9 Å². The molecule has 208 valence electrons. The van der Waals surface area contributed by atoms with Crippen molar-refractivity contribution in [3.63, 3.8) is 0 Å². The average Bonchev–Trinajstić information content (AvgIpc) is 3.49. The van der Waals surface area contributed by atoms with E-state index in [-0.39, 0.29) is 38.6 Å². The second-order valence-electron chi connectivity index (χ2n) is 9.17. The van der Waals surface area contributed by atoms with Crippen molar-refractivity contribution < 1.29 is 18.0 Å². The van der Waals surface area contributed by atoms with Crippen LogP contribution >= 0.6 is 35.0 Å². The number of imidazole rings is 1. The van der Waals surface area contributed by atoms with Crippen LogP contribution in [0.25, 0.3) is 16.7 Å². The minimum absolute atomic E-state index is 0.0675. The second-order valence-corrected chi connectivity index (χ2v) is 11.0. The number of pyridine rings is 2. The summed E-state index contributed by atoms with van der Waals surface area (Å²) in [5, 5.41) is 0.304. The fourth-order valence-corrected chi connectivity index (χ4v) is 6.34. The van der Waals surface area contributed by atoms with Gasteiger partial charge in [0.1, 0.15) is 11.3 Å². The van der Waals surface area contributed by atoms with Gasteiger partial charge in [0.05, 0.1) is 33.0 Å². The minimum atomic E-state index is -4.86. The highest BCUT2D eigenvalue weighted by molar-refractivity contribution is 7.99. The number of halogens is 5. The first-order valence-electron chi connectivity index (χ1n) is 11.9. The third kappa shape index (κ3) is 4.92. The summed E-state index contributed by atoms with van der Waals surface area (Å²) < 4.78 is 42.2. The van der Waals surface area contributed by atoms with Gasteiger partial charge in [-0.3, -0.25) is 19.1 Å². The van der Waals surface area contributed by atoms with E-state index in [4.69, 9.17) is 23.2 Å². The molecule has 6 rings (SSSR count). The molecular weight excluding hydrogens is 602 g/mol. The Bertz CT molecular complexity index is 1970. The Labute approximate surface area is 242 Å². The first-order valence-corrected chi connectivity index (χ1v) is 13.5. The topological polar surface area (TPSA) is 104 Å². The zero-order valence-corrected chi connectivity index (χ0v) is 22.9. The van der Waals surface area contributed by atoms with Crippen molar-refractivity contribution in [3.05, 3.63) is 114 Å². The normalized spacial score (nSPS) is 13.1. The zero-order valence-electron chi connectivity index (χ0n) is 20.6. The van der Waals surface area contributed by atoms with Gasteiger partial charge in [0.15, 0.2) is 0 Å². The Morgan fingerprint density at radius 3 is 2.44 bits per heavy atom. The van der Waals surface area contributed by atoms with Gasteiger partial charge < -0.3 is 14.9 Å². The number of benzene rings is 2. The van der Waals surface area contributed by atoms with Gasteiger partial charge in [0.25, 0.3) is 11.5 Å². The Hall–Kier alpha value is -4.00. The van der Waals surface area contributed by atoms with E-state index in [1.54, 1.807) is 41.5 Å². The van der Waals surface area contributed by atoms with Crippen LogP contribution < -0.4 is 11.2 Å². The summed E-state index contributed by atoms with van der Waals surface area (Å²) in [4.78, 5) is 49.2. The van der Waals surface area contributed by atoms with Crippen LogP contribution in [0.3, 0.4) is 0 Å². The van der Waals surface area contributed by atoms with E-state index in [1.165, 1.54) is 27.8 Å². The van der Waals surface area contributed by atoms with Crippen LogP contribution in [0.2, 0.25) is 10.0 Å². The maximum atomic E-state index is 13.7. The molecule has 1 aliphatic heterocycles. The molecule has 0 aliphatic carbocycles. The molecule has 4 heterocycles. The third-order valence-corrected chi connectivity index (χ3v) is 8.63. The quantitative estimate of drug-likeness (QED) is 0.256. The predicted molar refractivity (Wildman–Crippen MR) is 148 cm³/mol. The summed E-state index contributed by atoms with van der Waals surface area (Å²) >= 11 is 13.2. The van der Waals surface area contributed by atoms with Gasteiger partial charge in [-0.15, -0.1) is 0 Å². The van der Waals surface area contributed by atoms with E-state index in [0.29, 0.717) is 34.5 Å². The number of nitrogens with one attached hydrogen (secondary N) is 2. The molecule has 0 radical (unpaired) electrons. The predicted octanol–water partition coefficient (Wildman–Crippen LogP) is 6.03. The van der Waals surface area contributed by atoms with E-state index >= 15 is 0 Å². The lowest BCUT2D eigenvalue weighted by Gasteiger charge is -2.18. The molecule has 0 bridgehead atoms. The Morgan fingerprint density at radius 2 is 1.71 bits per heavy atom. The summed E-state index contributed by atoms with van der Waals surface area (Å²) in [6, 6.07) is 12.2. The second kappa shape index (κ2) is 10.1. The van der Waals surface area contributed by atoms with Crippen LogP contribution in [0.15, 0.2) is 80.3 Å². The van der Waals surface area contributed by atoms with Gasteiger partial charge in [0, 0.05) is 29.1 Å². The van der Waals surface area contributed by atoms with Crippen LogP contribution in [-0.2, 0) is 19.3 Å². The summed E-state index contributed by atoms with van der Waals surface area (Å²) in [5.74, 6) is -0.765. The number of aromatic nitrogens is 4. The number of hydrogen-bond acceptors (Lipinski definition) is 5. The molecule has 0 saturated carbocycles. The molecule has 2 aromatic carbocycles. The summed E-state index contributed by atoms with van der Waals surface area (Å²) in [6.07, 6.45) is -1.77. The van der Waals surface area contributed by atoms with E-state index in [9.17, 15) is 27.6 Å². The fraction of sp³-hybridized carbons (Fsp3) is 0.111. The van der Waals surface area contributed by atoms with Crippen molar-refractivity contribution in [3.8, 4) is 5.69 Å². The molecule has 8 nitrogen and oxygen atoms in total. The van der Waals surface area contributed by atoms with Gasteiger partial charge in [0.2, 0.25) is 0 Å². The Kier molecular flexibility index (Phi) is 6.71. The van der Waals surface area contributed by atoms with Crippen molar-refractivity contribution in [2.45, 2.75) is 29.1 Å². The van der Waals surface area contributed by atoms with Crippen LogP contribution in [-0.4, -0.2) is 30.3 Å². The van der Waals surface area contributed by atoms with Crippen LogP contribution in [0, 0.1) is 0 Å². The highest BCUT2D eigenvalue weighted by atomic mass is 35.5. The SMILES string of the molecule is O=C(c1c(Sc2c(Cl)cccc2Cl)cc(C(F)(F)F)[nH]c1=O)N1Cc2ccc(-n3c(=O)[nH]c4cnccc43)cc2C1. The first-order chi connectivity index (χ1) is 19.5. The van der Waals surface area contributed by atoms with Crippen molar-refractivity contribution >= 4 is 51.9 Å². The average molecular weight is 618 g/mol. The molecule has 1 aliphatic rings. The molecule has 0 spiro atoms. The number of carbonyl (C=O) groups excluding carboxylic acids is 1. The van der Waals surface area contributed by atoms with E-state index in [1.807, 2.05) is 0 Å². The number of hydrogen-bond donors (Lipinski definition) is 2. The molecule has 41 heavy (non-hydrogen) atoms. The standard InChI is InChI=1S/C27H16Cl2F3N5O3S/c28-16-2-1-3-17(29)23(16)41-20-9-21(27(30,31)32)35-24(38)22(20)25(39)36-11-13-4-5-15(8-14(13)12-36)37-19-6-7-33-10-18(19)34-26(37)40/h1-10H,11-12H2,(H,34,40)(H,35,38). The van der Waals surface area contributed by atoms with Crippen molar-refractivity contribution in [2.75, 3.05) is 0 Å². The number of amides is 1. The number of rotatable bonds is 4. The molecule has 0 saturated heterocycles. The summed E-state index contributed by atoms with van der Waals surface area (Å²) in [5.41, 5.74) is -0.113. The number of alkyl halides is 3. The van der Waals surface area contributed by atoms with Gasteiger partial charge in [-0.05, 0) is 47.5 Å². The first kappa shape index (κ1) is 27.2. The maximum absolute atomic E-state index is 13.7. The van der Waals surface area contributed by atoms with Crippen LogP contribution in [0.1, 0.15) is 27.2 Å². The van der Waals surface area contributed by atoms with E-state index in [0.717, 1.165) is 11.1 Å². The summed E-state index contributed by atoms with van der Waals surface area (Å²) in [6.45, 7) is 0.177. The van der Waals surface area contributed by atoms with Crippen LogP contribution in [0.5, 0.6) is 0 Å². The van der Waals surface area contributed by atoms with Gasteiger partial charge in [-0.1, -0.05) is 47.1 Å². The lowest BCUT2D eigenvalue weighted by Crippen LogP contribution is -2.32. The third-order valence-electron chi connectivity index (χ3n) is 6.59. The minimum Gasteiger partial charge on any atom is -0.330 e. The molecular formula is C27H16Cl2F3N5O3S. The monoisotopic (exact) mass is 617 g/mol. The van der Waals surface area contributed by atoms with E-state index < -0.39 is 28.9 Å². The lowest BCUT2D eigenvalue weighted by molar-refractivity contribution is -0.141. The number of aromatic amines is 2. The maximum Gasteiger partial charge on any atom is 0.431 e. The molecule has 3 aromatic heterocycles. The highest BCUT2D eigenvalue weighted by Gasteiger charge is 2.36. The van der Waals surface area contributed by atoms with Crippen molar-refractivity contribution in [2.24, 2.45) is 0 Å². The van der Waals surface area contributed by atoms with Crippen molar-refractivity contribution in [1.82, 2.24) is 24.4 Å². The van der Waals surface area contributed by atoms with Crippen molar-refractivity contribution in [1.29, 1.82) is 0 Å². The number of carbonyl (C=O) groups is 1. The molecule has 2 N–H and O–H groups in total. The highest BCUT2D eigenvalue weighted by Crippen LogP contribution is 2.41. The van der Waals surface area contributed by atoms with Gasteiger partial charge in [-0.25, -0.2) is 4.79 Å². The van der Waals surface area contributed by atoms with Gasteiger partial charge in [-0.2, -0.15) is 13.2 Å². The molecule has 5 aromatic rings. The van der Waals surface area contributed by atoms with Crippen LogP contribution in [0.4, 0.5) is 13.2 Å². The summed E-state index contributed by atoms with van der Waals surface area (Å²) in [7, 11) is 0. The molecule has 0 atom stereocenters. The number of fused-ring (bicyclic) bond motifs is 2. The zero-order chi connectivity index (χ0) is 29.1. The molecule has 1 amide bonds. The molecule has 0 fully saturated rings. The molecule has 0 unspecified atom stereocenters. The number of nitrogens with zero attached hydrogens (tertiary/aromatic N) is 3. The Morgan fingerprint density at radius 1 is 0.976 bits per heavy atom. The van der Waals surface area contributed by atoms with E-state index in [2.05, 4.69) is 9.97 Å². The smallest absolute Gasteiger partial charge is 0.330 e. The lowest BCUT2D eigenvalue weighted by atomic mass is 10.1. The number of H-pyrrole nitrogens is 2. The molecule has 14 heteroatoms. The Balaban J connectivity index is 1.37. The largest absolute Gasteiger partial charge is 0.431 e.